The molecule has 1 saturated heterocycles. The van der Waals surface area contributed by atoms with Gasteiger partial charge in [-0.1, -0.05) is 28.1 Å². The molecule has 5 heteroatoms. The summed E-state index contributed by atoms with van der Waals surface area (Å²) in [6.07, 6.45) is -0.845. The Morgan fingerprint density at radius 3 is 2.40 bits per heavy atom. The molecule has 1 aromatic rings. The zero-order valence-corrected chi connectivity index (χ0v) is 8.98. The Kier molecular flexibility index (Phi) is 2.58. The van der Waals surface area contributed by atoms with Gasteiger partial charge in [-0.05, 0) is 12.1 Å². The molecule has 1 heterocycles. The minimum Gasteiger partial charge on any atom is -0.433 e. The molecule has 4 nitrogen and oxygen atoms in total. The molecule has 2 rings (SSSR count). The average Bonchev–Trinajstić information content (AvgIpc) is 2.61. The van der Waals surface area contributed by atoms with Crippen molar-refractivity contribution >= 4 is 27.8 Å². The number of esters is 1. The lowest BCUT2D eigenvalue weighted by molar-refractivity contribution is -0.143. The third kappa shape index (κ3) is 1.93. The highest BCUT2D eigenvalue weighted by Crippen LogP contribution is 2.29. The molecule has 0 radical (unpaired) electrons. The molecule has 0 bridgehead atoms. The van der Waals surface area contributed by atoms with Crippen molar-refractivity contribution in [3.63, 3.8) is 0 Å². The molecule has 1 fully saturated rings. The summed E-state index contributed by atoms with van der Waals surface area (Å²) in [6.45, 7) is 0. The van der Waals surface area contributed by atoms with Crippen LogP contribution in [0.5, 0.6) is 0 Å². The molecular formula is C10H5BrO4. The van der Waals surface area contributed by atoms with Crippen LogP contribution in [0.25, 0.3) is 0 Å². The molecule has 15 heavy (non-hydrogen) atoms. The third-order valence-electron chi connectivity index (χ3n) is 1.86. The van der Waals surface area contributed by atoms with Crippen LogP contribution in [-0.4, -0.2) is 11.9 Å². The first kappa shape index (κ1) is 9.96. The Balaban J connectivity index is 2.24. The fourth-order valence-electron chi connectivity index (χ4n) is 1.15. The normalized spacial score (nSPS) is 19.4. The predicted molar refractivity (Wildman–Crippen MR) is 53.3 cm³/mol. The fourth-order valence-corrected chi connectivity index (χ4v) is 1.42. The van der Waals surface area contributed by atoms with Crippen LogP contribution in [0.3, 0.4) is 0 Å². The smallest absolute Gasteiger partial charge is 0.389 e. The lowest BCUT2D eigenvalue weighted by Gasteiger charge is -2.07. The van der Waals surface area contributed by atoms with Gasteiger partial charge in [-0.25, -0.2) is 9.59 Å². The van der Waals surface area contributed by atoms with Crippen LogP contribution in [0.15, 0.2) is 34.5 Å². The van der Waals surface area contributed by atoms with Crippen LogP contribution in [0.1, 0.15) is 11.9 Å². The first-order valence-electron chi connectivity index (χ1n) is 4.09. The predicted octanol–water partition coefficient (Wildman–Crippen LogP) is 1.74. The summed E-state index contributed by atoms with van der Waals surface area (Å²) in [6, 6.07) is 7.04. The van der Waals surface area contributed by atoms with E-state index in [2.05, 4.69) is 15.9 Å². The van der Waals surface area contributed by atoms with Gasteiger partial charge in [0.15, 0.2) is 5.94 Å². The zero-order chi connectivity index (χ0) is 10.8. The van der Waals surface area contributed by atoms with E-state index in [0.717, 1.165) is 4.47 Å². The summed E-state index contributed by atoms with van der Waals surface area (Å²) in [5.41, 5.74) is 0.664. The molecule has 0 aromatic heterocycles. The monoisotopic (exact) mass is 268 g/mol. The van der Waals surface area contributed by atoms with Crippen molar-refractivity contribution in [2.45, 2.75) is 6.29 Å². The van der Waals surface area contributed by atoms with Crippen molar-refractivity contribution in [1.82, 2.24) is 0 Å². The van der Waals surface area contributed by atoms with E-state index in [-0.39, 0.29) is 0 Å². The Hall–Kier alpha value is -1.58. The quantitative estimate of drug-likeness (QED) is 0.442. The van der Waals surface area contributed by atoms with Crippen molar-refractivity contribution < 1.29 is 19.1 Å². The average molecular weight is 269 g/mol. The van der Waals surface area contributed by atoms with Gasteiger partial charge in [-0.3, -0.25) is 0 Å². The molecule has 1 atom stereocenters. The second kappa shape index (κ2) is 3.88. The minimum absolute atomic E-state index is 0.414. The van der Waals surface area contributed by atoms with Crippen LogP contribution in [0, 0.1) is 0 Å². The van der Waals surface area contributed by atoms with Crippen molar-refractivity contribution in [2.75, 3.05) is 0 Å². The van der Waals surface area contributed by atoms with Crippen molar-refractivity contribution in [3.8, 4) is 0 Å². The van der Waals surface area contributed by atoms with Gasteiger partial charge in [0, 0.05) is 10.0 Å². The van der Waals surface area contributed by atoms with E-state index in [9.17, 15) is 9.59 Å². The van der Waals surface area contributed by atoms with Crippen LogP contribution in [0.2, 0.25) is 0 Å². The highest BCUT2D eigenvalue weighted by Gasteiger charge is 2.32. The molecule has 1 aliphatic rings. The van der Waals surface area contributed by atoms with Gasteiger partial charge in [-0.2, -0.15) is 0 Å². The first-order chi connectivity index (χ1) is 7.20. The fraction of sp³-hybridized carbons (Fsp3) is 0.100. The third-order valence-corrected chi connectivity index (χ3v) is 2.39. The van der Waals surface area contributed by atoms with E-state index in [1.165, 1.54) is 5.94 Å². The van der Waals surface area contributed by atoms with E-state index in [0.29, 0.717) is 5.56 Å². The Morgan fingerprint density at radius 2 is 1.87 bits per heavy atom. The summed E-state index contributed by atoms with van der Waals surface area (Å²) in [4.78, 5) is 21.3. The van der Waals surface area contributed by atoms with Crippen molar-refractivity contribution in [1.29, 1.82) is 0 Å². The molecule has 1 aromatic carbocycles. The van der Waals surface area contributed by atoms with Gasteiger partial charge in [0.2, 0.25) is 0 Å². The van der Waals surface area contributed by atoms with Gasteiger partial charge in [-0.15, -0.1) is 0 Å². The number of ether oxygens (including phenoxy) is 2. The maximum Gasteiger partial charge on any atom is 0.389 e. The van der Waals surface area contributed by atoms with Gasteiger partial charge in [0.05, 0.1) is 0 Å². The first-order valence-corrected chi connectivity index (χ1v) is 4.88. The molecule has 0 amide bonds. The number of carbonyl (C=O) groups excluding carboxylic acids is 2. The molecular weight excluding hydrogens is 264 g/mol. The topological polar surface area (TPSA) is 52.6 Å². The molecule has 1 unspecified atom stereocenters. The number of halogens is 1. The number of rotatable bonds is 1. The highest BCUT2D eigenvalue weighted by atomic mass is 79.9. The summed E-state index contributed by atoms with van der Waals surface area (Å²) in [5, 5.41) is 0. The Bertz CT molecular complexity index is 445. The number of hydrogen-bond donors (Lipinski definition) is 0. The highest BCUT2D eigenvalue weighted by molar-refractivity contribution is 9.10. The number of benzene rings is 1. The maximum atomic E-state index is 11.0. The van der Waals surface area contributed by atoms with Crippen LogP contribution < -0.4 is 0 Å². The summed E-state index contributed by atoms with van der Waals surface area (Å²) < 4.78 is 10.7. The SMILES string of the molecule is O=C=C1OC(c2ccc(Br)cc2)OC1=O. The number of hydrogen-bond acceptors (Lipinski definition) is 4. The van der Waals surface area contributed by atoms with Gasteiger partial charge in [0.1, 0.15) is 0 Å². The summed E-state index contributed by atoms with van der Waals surface area (Å²) >= 11 is 3.28. The molecule has 0 saturated carbocycles. The lowest BCUT2D eigenvalue weighted by atomic mass is 10.2. The molecule has 0 aliphatic carbocycles. The largest absolute Gasteiger partial charge is 0.433 e. The van der Waals surface area contributed by atoms with Crippen LogP contribution >= 0.6 is 15.9 Å². The van der Waals surface area contributed by atoms with Crippen molar-refractivity contribution in [2.24, 2.45) is 0 Å². The van der Waals surface area contributed by atoms with Gasteiger partial charge >= 0.3 is 5.97 Å². The number of cyclic esters (lactones) is 1. The molecule has 0 spiro atoms. The van der Waals surface area contributed by atoms with Gasteiger partial charge in [0.25, 0.3) is 12.0 Å². The van der Waals surface area contributed by atoms with Crippen LogP contribution in [0.4, 0.5) is 0 Å². The second-order valence-corrected chi connectivity index (χ2v) is 3.75. The minimum atomic E-state index is -0.845. The standard InChI is InChI=1S/C10H5BrO4/c11-7-3-1-6(2-4-7)10-14-8(5-12)9(13)15-10/h1-4,10H. The van der Waals surface area contributed by atoms with Crippen LogP contribution in [-0.2, 0) is 19.1 Å². The van der Waals surface area contributed by atoms with Crippen molar-refractivity contribution in [3.05, 3.63) is 40.1 Å². The Labute approximate surface area is 93.6 Å². The molecule has 76 valence electrons. The maximum absolute atomic E-state index is 11.0. The van der Waals surface area contributed by atoms with E-state index >= 15 is 0 Å². The van der Waals surface area contributed by atoms with Gasteiger partial charge < -0.3 is 9.47 Å². The van der Waals surface area contributed by atoms with E-state index < -0.39 is 18.0 Å². The van der Waals surface area contributed by atoms with E-state index in [4.69, 9.17) is 9.47 Å². The summed E-state index contributed by atoms with van der Waals surface area (Å²) in [5.74, 6) is 0.192. The second-order valence-electron chi connectivity index (χ2n) is 2.84. The lowest BCUT2D eigenvalue weighted by Crippen LogP contribution is -1.99. The summed E-state index contributed by atoms with van der Waals surface area (Å²) in [7, 11) is 0. The molecule has 0 N–H and O–H groups in total. The zero-order valence-electron chi connectivity index (χ0n) is 7.40. The van der Waals surface area contributed by atoms with E-state index in [1.807, 2.05) is 0 Å². The number of carbonyl (C=O) groups is 1. The van der Waals surface area contributed by atoms with E-state index in [1.54, 1.807) is 24.3 Å². The Morgan fingerprint density at radius 1 is 1.20 bits per heavy atom. The molecule has 1 aliphatic heterocycles.